The second kappa shape index (κ2) is 6.50. The van der Waals surface area contributed by atoms with Gasteiger partial charge in [0.15, 0.2) is 0 Å². The number of carbonyl (C=O) groups excluding carboxylic acids is 1. The Morgan fingerprint density at radius 2 is 1.94 bits per heavy atom. The van der Waals surface area contributed by atoms with Gasteiger partial charge in [-0.25, -0.2) is 4.79 Å². The van der Waals surface area contributed by atoms with Crippen molar-refractivity contribution >= 4 is 17.6 Å². The van der Waals surface area contributed by atoms with Crippen molar-refractivity contribution in [2.24, 2.45) is 5.92 Å². The van der Waals surface area contributed by atoms with Gasteiger partial charge < -0.3 is 9.84 Å². The first kappa shape index (κ1) is 13.8. The van der Waals surface area contributed by atoms with Crippen LogP contribution < -0.4 is 0 Å². The van der Waals surface area contributed by atoms with Gasteiger partial charge in [-0.05, 0) is 36.6 Å². The van der Waals surface area contributed by atoms with Gasteiger partial charge in [-0.1, -0.05) is 13.8 Å². The molecule has 0 aliphatic heterocycles. The fraction of sp³-hybridized carbons (Fsp3) is 0.462. The van der Waals surface area contributed by atoms with E-state index in [1.807, 2.05) is 0 Å². The van der Waals surface area contributed by atoms with Crippen molar-refractivity contribution in [3.63, 3.8) is 0 Å². The predicted molar refractivity (Wildman–Crippen MR) is 67.5 cm³/mol. The van der Waals surface area contributed by atoms with Crippen molar-refractivity contribution < 1.29 is 14.6 Å². The number of rotatable bonds is 5. The van der Waals surface area contributed by atoms with Crippen LogP contribution >= 0.6 is 11.6 Å². The van der Waals surface area contributed by atoms with Crippen LogP contribution in [0, 0.1) is 5.92 Å². The van der Waals surface area contributed by atoms with Crippen molar-refractivity contribution in [2.75, 3.05) is 6.61 Å². The summed E-state index contributed by atoms with van der Waals surface area (Å²) in [5.41, 5.74) is 0.413. The monoisotopic (exact) mass is 256 g/mol. The van der Waals surface area contributed by atoms with E-state index in [9.17, 15) is 4.79 Å². The molecule has 0 amide bonds. The molecule has 4 heteroatoms. The average molecular weight is 257 g/mol. The van der Waals surface area contributed by atoms with Crippen molar-refractivity contribution in [3.8, 4) is 5.75 Å². The van der Waals surface area contributed by atoms with Gasteiger partial charge in [0, 0.05) is 0 Å². The van der Waals surface area contributed by atoms with E-state index >= 15 is 0 Å². The fourth-order valence-corrected chi connectivity index (χ4v) is 1.85. The number of phenolic OH excluding ortho intramolecular Hbond substituents is 1. The van der Waals surface area contributed by atoms with E-state index in [2.05, 4.69) is 13.8 Å². The molecular weight excluding hydrogens is 240 g/mol. The summed E-state index contributed by atoms with van der Waals surface area (Å²) >= 11 is 6.02. The molecule has 1 aromatic carbocycles. The lowest BCUT2D eigenvalue weighted by Gasteiger charge is -2.12. The zero-order valence-corrected chi connectivity index (χ0v) is 10.8. The zero-order valence-electron chi connectivity index (χ0n) is 10.0. The molecule has 0 bridgehead atoms. The molecule has 0 heterocycles. The van der Waals surface area contributed by atoms with Gasteiger partial charge in [-0.3, -0.25) is 0 Å². The fourth-order valence-electron chi connectivity index (χ4n) is 1.43. The Hall–Kier alpha value is -1.22. The molecule has 1 atom stereocenters. The first-order chi connectivity index (χ1) is 7.99. The Kier molecular flexibility index (Phi) is 5.29. The number of benzene rings is 1. The SMILES string of the molecule is CC(C)C[C@@H](Cl)COC(=O)c1ccc(O)cc1. The van der Waals surface area contributed by atoms with E-state index in [1.165, 1.54) is 24.3 Å². The van der Waals surface area contributed by atoms with Crippen LogP contribution in [0.15, 0.2) is 24.3 Å². The molecule has 17 heavy (non-hydrogen) atoms. The van der Waals surface area contributed by atoms with E-state index in [4.69, 9.17) is 21.4 Å². The minimum absolute atomic E-state index is 0.122. The Labute approximate surface area is 106 Å². The minimum atomic E-state index is -0.417. The predicted octanol–water partition coefficient (Wildman–Crippen LogP) is 3.20. The molecular formula is C13H17ClO3. The quantitative estimate of drug-likeness (QED) is 0.650. The number of ether oxygens (including phenoxy) is 1. The molecule has 0 spiro atoms. The van der Waals surface area contributed by atoms with Gasteiger partial charge in [0.1, 0.15) is 12.4 Å². The normalized spacial score (nSPS) is 12.5. The molecule has 0 aliphatic rings. The van der Waals surface area contributed by atoms with Crippen LogP contribution in [0.5, 0.6) is 5.75 Å². The number of hydrogen-bond donors (Lipinski definition) is 1. The van der Waals surface area contributed by atoms with Crippen LogP contribution in [0.3, 0.4) is 0 Å². The van der Waals surface area contributed by atoms with E-state index in [0.717, 1.165) is 6.42 Å². The van der Waals surface area contributed by atoms with Gasteiger partial charge in [-0.15, -0.1) is 11.6 Å². The van der Waals surface area contributed by atoms with Gasteiger partial charge in [-0.2, -0.15) is 0 Å². The zero-order chi connectivity index (χ0) is 12.8. The molecule has 3 nitrogen and oxygen atoms in total. The summed E-state index contributed by atoms with van der Waals surface area (Å²) in [4.78, 5) is 11.6. The molecule has 0 radical (unpaired) electrons. The van der Waals surface area contributed by atoms with Crippen LogP contribution in [0.1, 0.15) is 30.6 Å². The standard InChI is InChI=1S/C13H17ClO3/c1-9(2)7-11(14)8-17-13(16)10-3-5-12(15)6-4-10/h3-6,9,11,15H,7-8H2,1-2H3/t11-/m1/s1. The third-order valence-electron chi connectivity index (χ3n) is 2.23. The Balaban J connectivity index is 2.42. The second-order valence-electron chi connectivity index (χ2n) is 4.37. The first-order valence-corrected chi connectivity index (χ1v) is 6.03. The lowest BCUT2D eigenvalue weighted by molar-refractivity contribution is 0.0499. The maximum atomic E-state index is 11.6. The number of halogens is 1. The summed E-state index contributed by atoms with van der Waals surface area (Å²) in [6.45, 7) is 4.34. The lowest BCUT2D eigenvalue weighted by Crippen LogP contribution is -2.16. The Bertz CT molecular complexity index is 359. The second-order valence-corrected chi connectivity index (χ2v) is 4.99. The van der Waals surface area contributed by atoms with Crippen LogP contribution in [0.4, 0.5) is 0 Å². The summed E-state index contributed by atoms with van der Waals surface area (Å²) in [6, 6.07) is 5.93. The third kappa shape index (κ3) is 5.09. The van der Waals surface area contributed by atoms with Gasteiger partial charge in [0.05, 0.1) is 10.9 Å². The highest BCUT2D eigenvalue weighted by atomic mass is 35.5. The summed E-state index contributed by atoms with van der Waals surface area (Å²) < 4.78 is 5.08. The molecule has 1 rings (SSSR count). The molecule has 0 aromatic heterocycles. The number of alkyl halides is 1. The highest BCUT2D eigenvalue weighted by Crippen LogP contribution is 2.13. The molecule has 1 N–H and O–H groups in total. The summed E-state index contributed by atoms with van der Waals surface area (Å²) in [7, 11) is 0. The Morgan fingerprint density at radius 1 is 1.35 bits per heavy atom. The largest absolute Gasteiger partial charge is 0.508 e. The molecule has 0 fully saturated rings. The van der Waals surface area contributed by atoms with Crippen molar-refractivity contribution in [2.45, 2.75) is 25.6 Å². The van der Waals surface area contributed by atoms with Crippen molar-refractivity contribution in [1.82, 2.24) is 0 Å². The number of phenols is 1. The van der Waals surface area contributed by atoms with Gasteiger partial charge in [0.25, 0.3) is 0 Å². The summed E-state index contributed by atoms with van der Waals surface area (Å²) in [5, 5.41) is 8.93. The van der Waals surface area contributed by atoms with E-state index < -0.39 is 5.97 Å². The topological polar surface area (TPSA) is 46.5 Å². The number of esters is 1. The maximum absolute atomic E-state index is 11.6. The maximum Gasteiger partial charge on any atom is 0.338 e. The van der Waals surface area contributed by atoms with E-state index in [-0.39, 0.29) is 17.7 Å². The van der Waals surface area contributed by atoms with Gasteiger partial charge in [0.2, 0.25) is 0 Å². The lowest BCUT2D eigenvalue weighted by atomic mass is 10.1. The number of hydrogen-bond acceptors (Lipinski definition) is 3. The minimum Gasteiger partial charge on any atom is -0.508 e. The molecule has 0 saturated heterocycles. The molecule has 0 unspecified atom stereocenters. The van der Waals surface area contributed by atoms with E-state index in [0.29, 0.717) is 11.5 Å². The summed E-state index contributed by atoms with van der Waals surface area (Å²) in [6.07, 6.45) is 0.810. The van der Waals surface area contributed by atoms with Crippen LogP contribution in [-0.4, -0.2) is 23.1 Å². The van der Waals surface area contributed by atoms with Crippen LogP contribution in [-0.2, 0) is 4.74 Å². The first-order valence-electron chi connectivity index (χ1n) is 5.59. The van der Waals surface area contributed by atoms with E-state index in [1.54, 1.807) is 0 Å². The molecule has 0 aliphatic carbocycles. The highest BCUT2D eigenvalue weighted by Gasteiger charge is 2.12. The van der Waals surface area contributed by atoms with Crippen LogP contribution in [0.25, 0.3) is 0 Å². The van der Waals surface area contributed by atoms with Crippen molar-refractivity contribution in [3.05, 3.63) is 29.8 Å². The number of aromatic hydroxyl groups is 1. The van der Waals surface area contributed by atoms with Crippen LogP contribution in [0.2, 0.25) is 0 Å². The number of carbonyl (C=O) groups is 1. The molecule has 94 valence electrons. The molecule has 0 saturated carbocycles. The molecule has 1 aromatic rings. The van der Waals surface area contributed by atoms with Crippen molar-refractivity contribution in [1.29, 1.82) is 0 Å². The summed E-state index contributed by atoms with van der Waals surface area (Å²) in [5.74, 6) is 0.181. The average Bonchev–Trinajstić information content (AvgIpc) is 2.26. The smallest absolute Gasteiger partial charge is 0.338 e. The highest BCUT2D eigenvalue weighted by molar-refractivity contribution is 6.20. The third-order valence-corrected chi connectivity index (χ3v) is 2.53. The van der Waals surface area contributed by atoms with Gasteiger partial charge >= 0.3 is 5.97 Å². The Morgan fingerprint density at radius 3 is 2.47 bits per heavy atom.